The smallest absolute Gasteiger partial charge is 0.421 e. The minimum Gasteiger partial charge on any atom is -0.443 e. The summed E-state index contributed by atoms with van der Waals surface area (Å²) >= 11 is 0. The molecule has 0 radical (unpaired) electrons. The lowest BCUT2D eigenvalue weighted by atomic mass is 10.0. The monoisotopic (exact) mass is 420 g/mol. The molecule has 0 aliphatic rings. The Morgan fingerprint density at radius 3 is 2.32 bits per heavy atom. The molecule has 7 nitrogen and oxygen atoms in total. The Kier molecular flexibility index (Phi) is 6.74. The van der Waals surface area contributed by atoms with Crippen molar-refractivity contribution in [2.45, 2.75) is 39.2 Å². The van der Waals surface area contributed by atoms with Gasteiger partial charge < -0.3 is 15.8 Å². The normalized spacial score (nSPS) is 11.2. The zero-order valence-electron chi connectivity index (χ0n) is 18.1. The number of rotatable bonds is 6. The second kappa shape index (κ2) is 9.47. The maximum Gasteiger partial charge on any atom is 0.421 e. The number of nitrogens with zero attached hydrogens (tertiary/aromatic N) is 2. The number of aromatic nitrogens is 2. The van der Waals surface area contributed by atoms with Gasteiger partial charge in [0.05, 0.1) is 5.69 Å². The van der Waals surface area contributed by atoms with Crippen molar-refractivity contribution >= 4 is 17.9 Å². The fourth-order valence-electron chi connectivity index (χ4n) is 3.04. The molecule has 1 heterocycles. The Morgan fingerprint density at radius 2 is 1.68 bits per heavy atom. The van der Waals surface area contributed by atoms with Crippen LogP contribution in [0.1, 0.15) is 43.2 Å². The van der Waals surface area contributed by atoms with Crippen LogP contribution in [0, 0.1) is 0 Å². The standard InChI is InChI=1S/C24H28N4O3/c1-24(2,3)31-23(30)28-16-20(27-22(28)25)10-7-15-26-21(29)19-13-11-18(12-14-19)17-8-5-4-6-9-17/h4-6,8-9,11-14,16H,7,10,15H2,1-3H3,(H2,25,27)(H,26,29). The van der Waals surface area contributed by atoms with Crippen LogP contribution >= 0.6 is 0 Å². The van der Waals surface area contributed by atoms with Gasteiger partial charge in [0, 0.05) is 18.3 Å². The molecule has 0 bridgehead atoms. The van der Waals surface area contributed by atoms with Crippen LogP contribution in [0.15, 0.2) is 60.8 Å². The van der Waals surface area contributed by atoms with Gasteiger partial charge >= 0.3 is 6.09 Å². The second-order valence-corrected chi connectivity index (χ2v) is 8.24. The van der Waals surface area contributed by atoms with Crippen LogP contribution in [0.2, 0.25) is 0 Å². The molecule has 0 aliphatic heterocycles. The van der Waals surface area contributed by atoms with E-state index in [2.05, 4.69) is 10.3 Å². The van der Waals surface area contributed by atoms with Gasteiger partial charge in [0.2, 0.25) is 5.95 Å². The summed E-state index contributed by atoms with van der Waals surface area (Å²) in [4.78, 5) is 28.7. The average Bonchev–Trinajstić information content (AvgIpc) is 3.11. The number of ether oxygens (including phenoxy) is 1. The number of hydrogen-bond donors (Lipinski definition) is 2. The highest BCUT2D eigenvalue weighted by Gasteiger charge is 2.20. The number of imidazole rings is 1. The minimum atomic E-state index is -0.614. The van der Waals surface area contributed by atoms with Crippen molar-refractivity contribution in [1.29, 1.82) is 0 Å². The molecule has 7 heteroatoms. The molecule has 1 amide bonds. The molecule has 1 aromatic heterocycles. The van der Waals surface area contributed by atoms with Crippen molar-refractivity contribution in [3.8, 4) is 11.1 Å². The van der Waals surface area contributed by atoms with Crippen molar-refractivity contribution in [2.75, 3.05) is 12.3 Å². The van der Waals surface area contributed by atoms with Gasteiger partial charge in [0.1, 0.15) is 5.60 Å². The number of carbonyl (C=O) groups excluding carboxylic acids is 2. The SMILES string of the molecule is CC(C)(C)OC(=O)n1cc(CCCNC(=O)c2ccc(-c3ccccc3)cc2)nc1N. The van der Waals surface area contributed by atoms with Crippen molar-refractivity contribution in [2.24, 2.45) is 0 Å². The van der Waals surface area contributed by atoms with Gasteiger partial charge in [-0.15, -0.1) is 0 Å². The van der Waals surface area contributed by atoms with Crippen LogP contribution in [-0.2, 0) is 11.2 Å². The molecular weight excluding hydrogens is 392 g/mol. The first-order valence-corrected chi connectivity index (χ1v) is 10.2. The van der Waals surface area contributed by atoms with Gasteiger partial charge in [-0.25, -0.2) is 14.3 Å². The number of hydrogen-bond acceptors (Lipinski definition) is 5. The minimum absolute atomic E-state index is 0.0896. The number of anilines is 1. The van der Waals surface area contributed by atoms with E-state index in [1.54, 1.807) is 27.0 Å². The maximum absolute atomic E-state index is 12.4. The number of carbonyl (C=O) groups is 2. The topological polar surface area (TPSA) is 99.2 Å². The molecule has 0 saturated carbocycles. The lowest BCUT2D eigenvalue weighted by Gasteiger charge is -2.19. The number of nitrogens with one attached hydrogen (secondary N) is 1. The third-order valence-corrected chi connectivity index (χ3v) is 4.52. The lowest BCUT2D eigenvalue weighted by Crippen LogP contribution is -2.27. The molecular formula is C24H28N4O3. The van der Waals surface area contributed by atoms with E-state index in [1.807, 2.05) is 54.6 Å². The maximum atomic E-state index is 12.4. The first-order valence-electron chi connectivity index (χ1n) is 10.2. The summed E-state index contributed by atoms with van der Waals surface area (Å²) in [5.41, 5.74) is 8.67. The molecule has 31 heavy (non-hydrogen) atoms. The summed E-state index contributed by atoms with van der Waals surface area (Å²) in [6, 6.07) is 17.5. The summed E-state index contributed by atoms with van der Waals surface area (Å²) in [6.07, 6.45) is 2.26. The van der Waals surface area contributed by atoms with Crippen LogP contribution in [-0.4, -0.2) is 33.7 Å². The number of amides is 1. The summed E-state index contributed by atoms with van der Waals surface area (Å²) in [7, 11) is 0. The molecule has 0 atom stereocenters. The fourth-order valence-corrected chi connectivity index (χ4v) is 3.04. The van der Waals surface area contributed by atoms with Crippen LogP contribution in [0.25, 0.3) is 11.1 Å². The van der Waals surface area contributed by atoms with E-state index in [0.717, 1.165) is 11.1 Å². The summed E-state index contributed by atoms with van der Waals surface area (Å²) in [5.74, 6) is -0.0369. The first kappa shape index (κ1) is 22.1. The highest BCUT2D eigenvalue weighted by atomic mass is 16.6. The van der Waals surface area contributed by atoms with E-state index < -0.39 is 11.7 Å². The summed E-state index contributed by atoms with van der Waals surface area (Å²) in [5, 5.41) is 2.91. The summed E-state index contributed by atoms with van der Waals surface area (Å²) < 4.78 is 6.51. The molecule has 0 saturated heterocycles. The van der Waals surface area contributed by atoms with E-state index in [-0.39, 0.29) is 11.9 Å². The molecule has 3 rings (SSSR count). The Morgan fingerprint density at radius 1 is 1.03 bits per heavy atom. The van der Waals surface area contributed by atoms with E-state index in [0.29, 0.717) is 30.6 Å². The Hall–Kier alpha value is -3.61. The molecule has 0 aliphatic carbocycles. The van der Waals surface area contributed by atoms with E-state index in [4.69, 9.17) is 10.5 Å². The van der Waals surface area contributed by atoms with Crippen LogP contribution < -0.4 is 11.1 Å². The van der Waals surface area contributed by atoms with Crippen molar-refractivity contribution in [3.05, 3.63) is 72.1 Å². The molecule has 2 aromatic carbocycles. The fraction of sp³-hybridized carbons (Fsp3) is 0.292. The van der Waals surface area contributed by atoms with Crippen molar-refractivity contribution in [1.82, 2.24) is 14.9 Å². The molecule has 0 fully saturated rings. The molecule has 0 spiro atoms. The van der Waals surface area contributed by atoms with Crippen molar-refractivity contribution < 1.29 is 14.3 Å². The molecule has 3 N–H and O–H groups in total. The van der Waals surface area contributed by atoms with Crippen LogP contribution in [0.5, 0.6) is 0 Å². The van der Waals surface area contributed by atoms with Gasteiger partial charge in [0.15, 0.2) is 0 Å². The Balaban J connectivity index is 1.48. The van der Waals surface area contributed by atoms with Gasteiger partial charge in [-0.05, 0) is 56.9 Å². The predicted octanol–water partition coefficient (Wildman–Crippen LogP) is 4.28. The largest absolute Gasteiger partial charge is 0.443 e. The number of benzene rings is 2. The van der Waals surface area contributed by atoms with Gasteiger partial charge in [-0.2, -0.15) is 0 Å². The number of nitrogens with two attached hydrogens (primary N) is 1. The Labute approximate surface area is 182 Å². The highest BCUT2D eigenvalue weighted by Crippen LogP contribution is 2.19. The number of nitrogen functional groups attached to an aromatic ring is 1. The second-order valence-electron chi connectivity index (χ2n) is 8.24. The Bertz CT molecular complexity index is 1030. The average molecular weight is 421 g/mol. The molecule has 162 valence electrons. The third-order valence-electron chi connectivity index (χ3n) is 4.52. The third kappa shape index (κ3) is 6.18. The van der Waals surface area contributed by atoms with Gasteiger partial charge in [-0.3, -0.25) is 4.79 Å². The molecule has 0 unspecified atom stereocenters. The molecule has 3 aromatic rings. The van der Waals surface area contributed by atoms with Gasteiger partial charge in [-0.1, -0.05) is 42.5 Å². The van der Waals surface area contributed by atoms with E-state index in [1.165, 1.54) is 4.57 Å². The van der Waals surface area contributed by atoms with Crippen LogP contribution in [0.3, 0.4) is 0 Å². The zero-order chi connectivity index (χ0) is 22.4. The van der Waals surface area contributed by atoms with E-state index >= 15 is 0 Å². The lowest BCUT2D eigenvalue weighted by molar-refractivity contribution is 0.0540. The van der Waals surface area contributed by atoms with Gasteiger partial charge in [0.25, 0.3) is 5.91 Å². The van der Waals surface area contributed by atoms with Crippen molar-refractivity contribution in [3.63, 3.8) is 0 Å². The first-order chi connectivity index (χ1) is 14.7. The quantitative estimate of drug-likeness (QED) is 0.580. The van der Waals surface area contributed by atoms with E-state index in [9.17, 15) is 9.59 Å². The summed E-state index contributed by atoms with van der Waals surface area (Å²) in [6.45, 7) is 5.85. The highest BCUT2D eigenvalue weighted by molar-refractivity contribution is 5.94. The zero-order valence-corrected chi connectivity index (χ0v) is 18.1. The van der Waals surface area contributed by atoms with Crippen LogP contribution in [0.4, 0.5) is 10.7 Å². The predicted molar refractivity (Wildman–Crippen MR) is 121 cm³/mol. The number of aryl methyl sites for hydroxylation is 1.